The van der Waals surface area contributed by atoms with Crippen molar-refractivity contribution in [1.29, 1.82) is 0 Å². The number of nitrogens with one attached hydrogen (secondary N) is 4. The van der Waals surface area contributed by atoms with Crippen LogP contribution in [0.3, 0.4) is 0 Å². The number of barbiturate groups is 2. The summed E-state index contributed by atoms with van der Waals surface area (Å²) in [4.78, 5) is 82.6. The minimum absolute atomic E-state index is 0.0133. The van der Waals surface area contributed by atoms with E-state index in [1.54, 1.807) is 46.2 Å². The number of imide groups is 4. The fraction of sp³-hybridized carbons (Fsp3) is 0.368. The van der Waals surface area contributed by atoms with E-state index in [1.165, 1.54) is 36.4 Å². The van der Waals surface area contributed by atoms with Gasteiger partial charge in [-0.25, -0.2) is 9.59 Å². The zero-order valence-electron chi connectivity index (χ0n) is 30.8. The number of ether oxygens (including phenoxy) is 1. The Kier molecular flexibility index (Phi) is 12.5. The standard InChI is InChI=1S/C22H24N4O6.C16H20N4O5/c27-14-13-25-9-11-26(12-10-25)22(19(29)23-21(31)24-20(22)30)15-1-5-17(6-2-15)32-18-7-3-16(28)4-8-18;21-10-9-19-5-7-20(8-6-19)16(11-1-3-12(22)4-2-11)13(23)17-15(25)18-14(16)24/h1-8,27-28H,9-14H2,(H2,23,24,29,30,31);1-4,21-22H,5-10H2,(H2,17,18,23,24,25). The minimum Gasteiger partial charge on any atom is -0.508 e. The predicted molar refractivity (Wildman–Crippen MR) is 200 cm³/mol. The Hall–Kier alpha value is -5.96. The Morgan fingerprint density at radius 3 is 1.11 bits per heavy atom. The van der Waals surface area contributed by atoms with Crippen LogP contribution in [0.5, 0.6) is 23.0 Å². The van der Waals surface area contributed by atoms with Gasteiger partial charge < -0.3 is 25.2 Å². The van der Waals surface area contributed by atoms with Crippen molar-refractivity contribution in [2.45, 2.75) is 11.1 Å². The van der Waals surface area contributed by atoms with E-state index in [1.807, 2.05) is 9.80 Å². The Morgan fingerprint density at radius 2 is 0.772 bits per heavy atom. The number of amides is 8. The molecule has 8 N–H and O–H groups in total. The second kappa shape index (κ2) is 17.5. The number of hydrogen-bond donors (Lipinski definition) is 8. The third-order valence-electron chi connectivity index (χ3n) is 10.4. The summed E-state index contributed by atoms with van der Waals surface area (Å²) in [5.41, 5.74) is -2.58. The van der Waals surface area contributed by atoms with Crippen LogP contribution in [0.15, 0.2) is 72.8 Å². The molecule has 4 fully saturated rings. The molecule has 19 nitrogen and oxygen atoms in total. The number of phenols is 2. The van der Waals surface area contributed by atoms with E-state index in [9.17, 15) is 44.1 Å². The summed E-state index contributed by atoms with van der Waals surface area (Å²) in [6.07, 6.45) is 0. The van der Waals surface area contributed by atoms with E-state index < -0.39 is 46.8 Å². The lowest BCUT2D eigenvalue weighted by Gasteiger charge is -2.46. The average Bonchev–Trinajstić information content (AvgIpc) is 3.18. The van der Waals surface area contributed by atoms with Crippen molar-refractivity contribution in [2.24, 2.45) is 0 Å². The molecule has 0 bridgehead atoms. The molecule has 0 atom stereocenters. The van der Waals surface area contributed by atoms with Gasteiger partial charge in [-0.3, -0.25) is 60.0 Å². The van der Waals surface area contributed by atoms with Crippen molar-refractivity contribution < 1.29 is 53.9 Å². The van der Waals surface area contributed by atoms with Crippen LogP contribution in [-0.2, 0) is 30.3 Å². The molecule has 19 heteroatoms. The van der Waals surface area contributed by atoms with Crippen molar-refractivity contribution in [1.82, 2.24) is 40.9 Å². The van der Waals surface area contributed by atoms with Gasteiger partial charge in [0.2, 0.25) is 11.1 Å². The largest absolute Gasteiger partial charge is 0.508 e. The third-order valence-corrected chi connectivity index (χ3v) is 10.4. The summed E-state index contributed by atoms with van der Waals surface area (Å²) in [6.45, 7) is 5.04. The van der Waals surface area contributed by atoms with Gasteiger partial charge in [0.25, 0.3) is 23.6 Å². The van der Waals surface area contributed by atoms with Crippen molar-refractivity contribution in [3.8, 4) is 23.0 Å². The molecule has 3 aromatic carbocycles. The third kappa shape index (κ3) is 8.29. The minimum atomic E-state index is -1.70. The smallest absolute Gasteiger partial charge is 0.328 e. The highest BCUT2D eigenvalue weighted by Crippen LogP contribution is 2.35. The highest BCUT2D eigenvalue weighted by molar-refractivity contribution is 6.23. The van der Waals surface area contributed by atoms with Crippen LogP contribution < -0.4 is 26.0 Å². The fourth-order valence-corrected chi connectivity index (χ4v) is 7.52. The molecular weight excluding hydrogens is 744 g/mol. The molecule has 0 saturated carbocycles. The average molecular weight is 789 g/mol. The van der Waals surface area contributed by atoms with Gasteiger partial charge in [-0.2, -0.15) is 0 Å². The normalized spacial score (nSPS) is 20.4. The molecule has 7 rings (SSSR count). The van der Waals surface area contributed by atoms with Gasteiger partial charge in [-0.05, 0) is 59.7 Å². The summed E-state index contributed by atoms with van der Waals surface area (Å²) < 4.78 is 5.76. The topological polar surface area (TPSA) is 254 Å². The van der Waals surface area contributed by atoms with Crippen molar-refractivity contribution in [2.75, 3.05) is 78.7 Å². The quantitative estimate of drug-likeness (QED) is 0.114. The SMILES string of the molecule is O=C1NC(=O)C(c2ccc(O)cc2)(N2CCN(CCO)CC2)C(=O)N1.O=C1NC(=O)C(c2ccc(Oc3ccc(O)cc3)cc2)(N2CCN(CCO)CC2)C(=O)N1. The molecular formula is C38H44N8O11. The number of urea groups is 2. The summed E-state index contributed by atoms with van der Waals surface area (Å²) in [6, 6.07) is 16.9. The van der Waals surface area contributed by atoms with E-state index in [4.69, 9.17) is 9.84 Å². The Balaban J connectivity index is 0.000000199. The van der Waals surface area contributed by atoms with Crippen LogP contribution in [0.4, 0.5) is 9.59 Å². The maximum atomic E-state index is 13.1. The van der Waals surface area contributed by atoms with Crippen LogP contribution in [0.25, 0.3) is 0 Å². The number of aliphatic hydroxyl groups excluding tert-OH is 2. The molecule has 4 saturated heterocycles. The molecule has 4 aliphatic heterocycles. The molecule has 3 aromatic rings. The van der Waals surface area contributed by atoms with Gasteiger partial charge in [-0.15, -0.1) is 0 Å². The summed E-state index contributed by atoms with van der Waals surface area (Å²) in [5, 5.41) is 46.0. The Bertz CT molecular complexity index is 1920. The molecule has 0 aromatic heterocycles. The van der Waals surface area contributed by atoms with Gasteiger partial charge in [-0.1, -0.05) is 24.3 Å². The zero-order valence-corrected chi connectivity index (χ0v) is 30.8. The van der Waals surface area contributed by atoms with E-state index in [-0.39, 0.29) is 24.7 Å². The number of carbonyl (C=O) groups excluding carboxylic acids is 6. The molecule has 0 unspecified atom stereocenters. The van der Waals surface area contributed by atoms with Crippen molar-refractivity contribution >= 4 is 35.7 Å². The molecule has 0 radical (unpaired) electrons. The zero-order chi connectivity index (χ0) is 40.7. The number of piperazine rings is 2. The van der Waals surface area contributed by atoms with Crippen LogP contribution in [0.2, 0.25) is 0 Å². The second-order valence-electron chi connectivity index (χ2n) is 13.7. The first-order valence-corrected chi connectivity index (χ1v) is 18.3. The lowest BCUT2D eigenvalue weighted by molar-refractivity contribution is -0.152. The highest BCUT2D eigenvalue weighted by Gasteiger charge is 2.57. The molecule has 4 aliphatic rings. The number of phenolic OH excluding ortho intramolecular Hbond substituents is 2. The molecule has 0 spiro atoms. The number of β-amino-alcohol motifs (C(OH)–C–C–N with tert-alkyl or cyclic N) is 2. The second-order valence-corrected chi connectivity index (χ2v) is 13.7. The lowest BCUT2D eigenvalue weighted by atomic mass is 9.84. The van der Waals surface area contributed by atoms with E-state index in [2.05, 4.69) is 21.3 Å². The number of aromatic hydroxyl groups is 2. The molecule has 302 valence electrons. The van der Waals surface area contributed by atoms with Crippen molar-refractivity contribution in [3.63, 3.8) is 0 Å². The number of hydrogen-bond acceptors (Lipinski definition) is 15. The monoisotopic (exact) mass is 788 g/mol. The van der Waals surface area contributed by atoms with E-state index in [0.29, 0.717) is 88.1 Å². The van der Waals surface area contributed by atoms with E-state index >= 15 is 0 Å². The lowest BCUT2D eigenvalue weighted by Crippen LogP contribution is -2.72. The maximum absolute atomic E-state index is 13.1. The number of carbonyl (C=O) groups is 6. The van der Waals surface area contributed by atoms with Gasteiger partial charge in [0, 0.05) is 65.4 Å². The molecule has 4 heterocycles. The van der Waals surface area contributed by atoms with Crippen LogP contribution in [0, 0.1) is 0 Å². The Morgan fingerprint density at radius 1 is 0.474 bits per heavy atom. The fourth-order valence-electron chi connectivity index (χ4n) is 7.52. The van der Waals surface area contributed by atoms with Crippen LogP contribution in [-0.4, -0.2) is 154 Å². The number of aliphatic hydroxyl groups is 2. The van der Waals surface area contributed by atoms with Gasteiger partial charge in [0.15, 0.2) is 0 Å². The number of rotatable bonds is 10. The maximum Gasteiger partial charge on any atom is 0.328 e. The number of benzene rings is 3. The van der Waals surface area contributed by atoms with Crippen LogP contribution in [0.1, 0.15) is 11.1 Å². The summed E-state index contributed by atoms with van der Waals surface area (Å²) >= 11 is 0. The predicted octanol–water partition coefficient (Wildman–Crippen LogP) is -1.08. The molecule has 0 aliphatic carbocycles. The molecule has 57 heavy (non-hydrogen) atoms. The number of nitrogens with zero attached hydrogens (tertiary/aromatic N) is 4. The van der Waals surface area contributed by atoms with Gasteiger partial charge in [0.1, 0.15) is 23.0 Å². The van der Waals surface area contributed by atoms with Gasteiger partial charge >= 0.3 is 12.1 Å². The Labute approximate surface area is 326 Å². The first-order valence-electron chi connectivity index (χ1n) is 18.3. The van der Waals surface area contributed by atoms with Crippen LogP contribution >= 0.6 is 0 Å². The summed E-state index contributed by atoms with van der Waals surface area (Å²) in [5.74, 6) is -1.68. The van der Waals surface area contributed by atoms with Gasteiger partial charge in [0.05, 0.1) is 13.2 Å². The highest BCUT2D eigenvalue weighted by atomic mass is 16.5. The summed E-state index contributed by atoms with van der Waals surface area (Å²) in [7, 11) is 0. The first-order chi connectivity index (χ1) is 27.4. The first kappa shape index (κ1) is 40.7. The van der Waals surface area contributed by atoms with Crippen molar-refractivity contribution in [3.05, 3.63) is 83.9 Å². The molecule has 8 amide bonds. The van der Waals surface area contributed by atoms with E-state index in [0.717, 1.165) is 0 Å².